The maximum atomic E-state index is 12.6. The van der Waals surface area contributed by atoms with Gasteiger partial charge in [0.05, 0.1) is 6.54 Å². The van der Waals surface area contributed by atoms with E-state index in [9.17, 15) is 4.79 Å². The minimum absolute atomic E-state index is 0.143. The first-order chi connectivity index (χ1) is 10.9. The minimum Gasteiger partial charge on any atom is -0.345 e. The van der Waals surface area contributed by atoms with Crippen LogP contribution in [-0.2, 0) is 17.9 Å². The first-order valence-corrected chi connectivity index (χ1v) is 8.00. The fourth-order valence-electron chi connectivity index (χ4n) is 2.57. The lowest BCUT2D eigenvalue weighted by Gasteiger charge is -2.29. The van der Waals surface area contributed by atoms with Crippen molar-refractivity contribution in [1.29, 1.82) is 0 Å². The maximum Gasteiger partial charge on any atom is 0.228 e. The van der Waals surface area contributed by atoms with E-state index in [0.717, 1.165) is 12.2 Å². The van der Waals surface area contributed by atoms with Crippen LogP contribution in [0.2, 0.25) is 0 Å². The molecule has 0 radical (unpaired) electrons. The third-order valence-corrected chi connectivity index (χ3v) is 3.75. The highest BCUT2D eigenvalue weighted by molar-refractivity contribution is 5.81. The highest BCUT2D eigenvalue weighted by Gasteiger charge is 2.27. The van der Waals surface area contributed by atoms with Crippen molar-refractivity contribution in [3.05, 3.63) is 72.6 Å². The van der Waals surface area contributed by atoms with Gasteiger partial charge in [-0.3, -0.25) is 4.79 Å². The van der Waals surface area contributed by atoms with Crippen molar-refractivity contribution in [2.24, 2.45) is 5.41 Å². The molecule has 0 saturated carbocycles. The van der Waals surface area contributed by atoms with Gasteiger partial charge >= 0.3 is 0 Å². The molecule has 1 aromatic heterocycles. The molecule has 2 aromatic rings. The Hall–Kier alpha value is -2.29. The molecule has 0 bridgehead atoms. The Balaban J connectivity index is 2.17. The Morgan fingerprint density at radius 1 is 1.17 bits per heavy atom. The predicted molar refractivity (Wildman–Crippen MR) is 95.0 cm³/mol. The topological polar surface area (TPSA) is 25.2 Å². The van der Waals surface area contributed by atoms with Crippen LogP contribution in [0.4, 0.5) is 0 Å². The highest BCUT2D eigenvalue weighted by atomic mass is 16.2. The summed E-state index contributed by atoms with van der Waals surface area (Å²) in [6.07, 6.45) is 3.85. The fourth-order valence-corrected chi connectivity index (χ4v) is 2.57. The smallest absolute Gasteiger partial charge is 0.228 e. The molecule has 0 aliphatic heterocycles. The molecule has 0 spiro atoms. The van der Waals surface area contributed by atoms with Crippen LogP contribution in [0.1, 0.15) is 32.0 Å². The molecule has 1 amide bonds. The zero-order chi connectivity index (χ0) is 16.9. The van der Waals surface area contributed by atoms with Gasteiger partial charge in [-0.05, 0) is 17.7 Å². The molecular formula is C20H26N2O. The summed E-state index contributed by atoms with van der Waals surface area (Å²) in [6, 6.07) is 14.5. The molecule has 122 valence electrons. The molecule has 1 heterocycles. The fraction of sp³-hybridized carbons (Fsp3) is 0.350. The molecule has 0 unspecified atom stereocenters. The van der Waals surface area contributed by atoms with E-state index in [4.69, 9.17) is 0 Å². The number of carbonyl (C=O) groups is 1. The Morgan fingerprint density at radius 2 is 1.87 bits per heavy atom. The van der Waals surface area contributed by atoms with Crippen LogP contribution in [0, 0.1) is 5.41 Å². The van der Waals surface area contributed by atoms with Crippen LogP contribution >= 0.6 is 0 Å². The molecule has 0 saturated heterocycles. The summed E-state index contributed by atoms with van der Waals surface area (Å²) in [5.41, 5.74) is 2.00. The van der Waals surface area contributed by atoms with Gasteiger partial charge in [-0.1, -0.05) is 57.2 Å². The molecular weight excluding hydrogens is 284 g/mol. The van der Waals surface area contributed by atoms with Crippen molar-refractivity contribution in [2.75, 3.05) is 6.54 Å². The van der Waals surface area contributed by atoms with E-state index < -0.39 is 0 Å². The van der Waals surface area contributed by atoms with Gasteiger partial charge in [0.15, 0.2) is 0 Å². The number of benzene rings is 1. The maximum absolute atomic E-state index is 12.6. The van der Waals surface area contributed by atoms with Gasteiger partial charge in [0, 0.05) is 30.4 Å². The second kappa shape index (κ2) is 7.32. The van der Waals surface area contributed by atoms with Gasteiger partial charge < -0.3 is 9.47 Å². The van der Waals surface area contributed by atoms with Crippen molar-refractivity contribution in [1.82, 2.24) is 9.47 Å². The zero-order valence-corrected chi connectivity index (χ0v) is 14.3. The number of rotatable bonds is 6. The lowest BCUT2D eigenvalue weighted by Crippen LogP contribution is -2.39. The summed E-state index contributed by atoms with van der Waals surface area (Å²) < 4.78 is 2.20. The van der Waals surface area contributed by atoms with Gasteiger partial charge in [0.1, 0.15) is 0 Å². The summed E-state index contributed by atoms with van der Waals surface area (Å²) in [7, 11) is 0. The van der Waals surface area contributed by atoms with Crippen LogP contribution in [0.3, 0.4) is 0 Å². The van der Waals surface area contributed by atoms with Crippen LogP contribution in [0.25, 0.3) is 0 Å². The summed E-state index contributed by atoms with van der Waals surface area (Å²) in [6.45, 7) is 11.6. The summed E-state index contributed by atoms with van der Waals surface area (Å²) in [5, 5.41) is 0. The number of aromatic nitrogens is 1. The molecule has 0 N–H and O–H groups in total. The van der Waals surface area contributed by atoms with E-state index in [1.807, 2.05) is 49.9 Å². The predicted octanol–water partition coefficient (Wildman–Crippen LogP) is 4.10. The molecule has 0 atom stereocenters. The molecule has 0 aliphatic rings. The Bertz CT molecular complexity index is 650. The second-order valence-electron chi connectivity index (χ2n) is 6.84. The van der Waals surface area contributed by atoms with Gasteiger partial charge in [-0.25, -0.2) is 0 Å². The molecule has 23 heavy (non-hydrogen) atoms. The Labute approximate surface area is 139 Å². The normalized spacial score (nSPS) is 11.3. The zero-order valence-electron chi connectivity index (χ0n) is 14.3. The van der Waals surface area contributed by atoms with Crippen LogP contribution < -0.4 is 0 Å². The minimum atomic E-state index is -0.389. The summed E-state index contributed by atoms with van der Waals surface area (Å²) in [5.74, 6) is 0.143. The number of carbonyl (C=O) groups excluding carboxylic acids is 1. The van der Waals surface area contributed by atoms with Crippen molar-refractivity contribution >= 4 is 5.91 Å². The van der Waals surface area contributed by atoms with Gasteiger partial charge in [0.25, 0.3) is 0 Å². The third-order valence-electron chi connectivity index (χ3n) is 3.75. The second-order valence-corrected chi connectivity index (χ2v) is 6.84. The monoisotopic (exact) mass is 310 g/mol. The molecule has 3 heteroatoms. The lowest BCUT2D eigenvalue weighted by molar-refractivity contribution is -0.139. The molecule has 0 aliphatic carbocycles. The third kappa shape index (κ3) is 4.59. The largest absolute Gasteiger partial charge is 0.345 e. The lowest BCUT2D eigenvalue weighted by atomic mass is 9.94. The number of nitrogens with zero attached hydrogens (tertiary/aromatic N) is 2. The quantitative estimate of drug-likeness (QED) is 0.738. The van der Waals surface area contributed by atoms with E-state index in [2.05, 4.69) is 35.5 Å². The van der Waals surface area contributed by atoms with Gasteiger partial charge in [-0.2, -0.15) is 0 Å². The summed E-state index contributed by atoms with van der Waals surface area (Å²) in [4.78, 5) is 14.5. The van der Waals surface area contributed by atoms with E-state index in [0.29, 0.717) is 13.1 Å². The summed E-state index contributed by atoms with van der Waals surface area (Å²) >= 11 is 0. The molecule has 2 rings (SSSR count). The molecule has 3 nitrogen and oxygen atoms in total. The first kappa shape index (κ1) is 17.1. The van der Waals surface area contributed by atoms with Crippen molar-refractivity contribution in [3.8, 4) is 0 Å². The SMILES string of the molecule is C=CCN(Cc1cccn1Cc1ccccc1)C(=O)C(C)(C)C. The van der Waals surface area contributed by atoms with E-state index in [-0.39, 0.29) is 11.3 Å². The average molecular weight is 310 g/mol. The molecule has 0 fully saturated rings. The van der Waals surface area contributed by atoms with Crippen LogP contribution in [-0.4, -0.2) is 21.9 Å². The Morgan fingerprint density at radius 3 is 2.48 bits per heavy atom. The standard InChI is InChI=1S/C20H26N2O/c1-5-13-22(19(23)20(2,3)4)16-18-12-9-14-21(18)15-17-10-7-6-8-11-17/h5-12,14H,1,13,15-16H2,2-4H3. The van der Waals surface area contributed by atoms with E-state index in [1.165, 1.54) is 5.56 Å². The number of hydrogen-bond acceptors (Lipinski definition) is 1. The first-order valence-electron chi connectivity index (χ1n) is 8.00. The van der Waals surface area contributed by atoms with Crippen molar-refractivity contribution < 1.29 is 4.79 Å². The van der Waals surface area contributed by atoms with Crippen LogP contribution in [0.15, 0.2) is 61.3 Å². The van der Waals surface area contributed by atoms with Gasteiger partial charge in [-0.15, -0.1) is 6.58 Å². The Kier molecular flexibility index (Phi) is 5.43. The number of amides is 1. The van der Waals surface area contributed by atoms with Crippen molar-refractivity contribution in [3.63, 3.8) is 0 Å². The van der Waals surface area contributed by atoms with E-state index >= 15 is 0 Å². The van der Waals surface area contributed by atoms with Crippen molar-refractivity contribution in [2.45, 2.75) is 33.9 Å². The van der Waals surface area contributed by atoms with Crippen LogP contribution in [0.5, 0.6) is 0 Å². The highest BCUT2D eigenvalue weighted by Crippen LogP contribution is 2.20. The molecule has 1 aromatic carbocycles. The number of hydrogen-bond donors (Lipinski definition) is 0. The average Bonchev–Trinajstić information content (AvgIpc) is 2.93. The van der Waals surface area contributed by atoms with Gasteiger partial charge in [0.2, 0.25) is 5.91 Å². The van der Waals surface area contributed by atoms with E-state index in [1.54, 1.807) is 6.08 Å².